The second kappa shape index (κ2) is 8.15. The first-order valence-electron chi connectivity index (χ1n) is 9.77. The summed E-state index contributed by atoms with van der Waals surface area (Å²) in [5.41, 5.74) is -0.996. The van der Waals surface area contributed by atoms with Crippen molar-refractivity contribution in [1.29, 1.82) is 0 Å². The minimum absolute atomic E-state index is 0.0931. The molecule has 2 aliphatic heterocycles. The second-order valence-corrected chi connectivity index (χ2v) is 10.4. The van der Waals surface area contributed by atoms with E-state index in [0.717, 1.165) is 0 Å². The molecular formula is C20H24N2O9S. The van der Waals surface area contributed by atoms with Gasteiger partial charge in [0.1, 0.15) is 24.0 Å². The number of nitrogens with zero attached hydrogens (tertiary/aromatic N) is 2. The van der Waals surface area contributed by atoms with Crippen LogP contribution < -0.4 is 0 Å². The molecule has 0 aromatic heterocycles. The zero-order chi connectivity index (χ0) is 24.0. The number of ether oxygens (including phenoxy) is 3. The van der Waals surface area contributed by atoms with Crippen molar-refractivity contribution < 1.29 is 37.7 Å². The lowest BCUT2D eigenvalue weighted by atomic mass is 9.80. The van der Waals surface area contributed by atoms with Crippen LogP contribution in [0, 0.1) is 16.0 Å². The Balaban J connectivity index is 1.65. The molecule has 1 aromatic rings. The molecule has 32 heavy (non-hydrogen) atoms. The number of fused-ring (bicyclic) bond motifs is 1. The maximum Gasteiger partial charge on any atom is 0.508 e. The Morgan fingerprint density at radius 3 is 2.38 bits per heavy atom. The molecule has 2 aliphatic rings. The van der Waals surface area contributed by atoms with Gasteiger partial charge < -0.3 is 19.1 Å². The molecule has 0 radical (unpaired) electrons. The largest absolute Gasteiger partial charge is 0.508 e. The number of hydrogen-bond acceptors (Lipinski definition) is 9. The second-order valence-electron chi connectivity index (χ2n) is 8.28. The lowest BCUT2D eigenvalue weighted by Gasteiger charge is -2.49. The summed E-state index contributed by atoms with van der Waals surface area (Å²) in [4.78, 5) is 48.9. The highest BCUT2D eigenvalue weighted by molar-refractivity contribution is 7.87. The van der Waals surface area contributed by atoms with Crippen molar-refractivity contribution in [3.05, 3.63) is 39.9 Å². The Hall–Kier alpha value is -3.02. The van der Waals surface area contributed by atoms with Crippen molar-refractivity contribution >= 4 is 34.5 Å². The van der Waals surface area contributed by atoms with Crippen molar-refractivity contribution in [1.82, 2.24) is 4.90 Å². The van der Waals surface area contributed by atoms with E-state index < -0.39 is 61.4 Å². The van der Waals surface area contributed by atoms with E-state index in [4.69, 9.17) is 14.2 Å². The molecule has 2 saturated heterocycles. The Bertz CT molecular complexity index is 993. The fourth-order valence-corrected chi connectivity index (χ4v) is 6.36. The van der Waals surface area contributed by atoms with Crippen LogP contribution in [0.3, 0.4) is 0 Å². The number of amides is 1. The highest BCUT2D eigenvalue weighted by atomic mass is 32.2. The normalized spacial score (nSPS) is 28.8. The van der Waals surface area contributed by atoms with E-state index in [9.17, 15) is 28.7 Å². The van der Waals surface area contributed by atoms with Crippen LogP contribution in [0.4, 0.5) is 10.5 Å². The number of carbonyl (C=O) groups is 3. The topological polar surface area (TPSA) is 142 Å². The van der Waals surface area contributed by atoms with Gasteiger partial charge in [-0.1, -0.05) is 0 Å². The van der Waals surface area contributed by atoms with Crippen molar-refractivity contribution in [3.63, 3.8) is 0 Å². The van der Waals surface area contributed by atoms with Gasteiger partial charge in [0, 0.05) is 12.1 Å². The van der Waals surface area contributed by atoms with Crippen LogP contribution in [0.1, 0.15) is 33.3 Å². The van der Waals surface area contributed by atoms with Gasteiger partial charge in [0.25, 0.3) is 5.69 Å². The van der Waals surface area contributed by atoms with Crippen LogP contribution in [-0.2, 0) is 41.2 Å². The van der Waals surface area contributed by atoms with Gasteiger partial charge in [-0.25, -0.2) is 9.59 Å². The minimum atomic E-state index is -1.62. The number of rotatable bonds is 6. The number of nitro benzene ring substituents is 1. The summed E-state index contributed by atoms with van der Waals surface area (Å²) >= 11 is 0. The van der Waals surface area contributed by atoms with Crippen LogP contribution >= 0.6 is 0 Å². The molecule has 0 saturated carbocycles. The third-order valence-electron chi connectivity index (χ3n) is 6.34. The summed E-state index contributed by atoms with van der Waals surface area (Å²) in [5.74, 6) is -2.02. The standard InChI is InChI=1S/C20H24N2O9S/c1-11(31-18(25)30-10-12-6-8-13(9-7-12)22(26)27)14-15(23)21-16(14)32(28)19(2,3)20(21,4)17(24)29-5/h6-9,11,14,16H,10H2,1-5H3/t11?,14-,16-,20-,32?/m1/s1. The van der Waals surface area contributed by atoms with Crippen molar-refractivity contribution in [2.24, 2.45) is 5.92 Å². The molecule has 0 N–H and O–H groups in total. The number of nitro groups is 1. The van der Waals surface area contributed by atoms with Gasteiger partial charge in [-0.3, -0.25) is 19.1 Å². The minimum Gasteiger partial charge on any atom is -0.467 e. The van der Waals surface area contributed by atoms with Gasteiger partial charge in [-0.05, 0) is 45.4 Å². The van der Waals surface area contributed by atoms with Gasteiger partial charge in [-0.2, -0.15) is 0 Å². The lowest BCUT2D eigenvalue weighted by molar-refractivity contribution is -0.384. The maximum atomic E-state index is 13.1. The number of hydrogen-bond donors (Lipinski definition) is 0. The number of carbonyl (C=O) groups excluding carboxylic acids is 3. The number of methoxy groups -OCH3 is 1. The van der Waals surface area contributed by atoms with E-state index in [-0.39, 0.29) is 12.3 Å². The Kier molecular flexibility index (Phi) is 6.02. The zero-order valence-corrected chi connectivity index (χ0v) is 19.0. The van der Waals surface area contributed by atoms with Gasteiger partial charge in [-0.15, -0.1) is 0 Å². The van der Waals surface area contributed by atoms with E-state index in [1.165, 1.54) is 50.1 Å². The number of β-lactam (4-membered cyclic amide) rings is 1. The average Bonchev–Trinajstić information content (AvgIpc) is 2.87. The number of benzene rings is 1. The molecule has 1 aromatic carbocycles. The first-order chi connectivity index (χ1) is 14.9. The predicted molar refractivity (Wildman–Crippen MR) is 111 cm³/mol. The molecule has 0 spiro atoms. The smallest absolute Gasteiger partial charge is 0.467 e. The number of non-ortho nitro benzene ring substituents is 1. The maximum absolute atomic E-state index is 13.1. The first kappa shape index (κ1) is 23.6. The van der Waals surface area contributed by atoms with Crippen molar-refractivity contribution in [2.75, 3.05) is 7.11 Å². The lowest BCUT2D eigenvalue weighted by Crippen LogP contribution is -2.71. The highest BCUT2D eigenvalue weighted by Crippen LogP contribution is 2.53. The fraction of sp³-hybridized carbons (Fsp3) is 0.550. The van der Waals surface area contributed by atoms with Crippen molar-refractivity contribution in [3.8, 4) is 0 Å². The Morgan fingerprint density at radius 1 is 1.25 bits per heavy atom. The molecule has 174 valence electrons. The fourth-order valence-electron chi connectivity index (χ4n) is 4.07. The summed E-state index contributed by atoms with van der Waals surface area (Å²) in [6, 6.07) is 5.45. The summed E-state index contributed by atoms with van der Waals surface area (Å²) < 4.78 is 27.2. The third kappa shape index (κ3) is 3.42. The van der Waals surface area contributed by atoms with E-state index in [0.29, 0.717) is 5.56 Å². The van der Waals surface area contributed by atoms with E-state index in [1.54, 1.807) is 13.8 Å². The van der Waals surface area contributed by atoms with Crippen LogP contribution in [0.2, 0.25) is 0 Å². The highest BCUT2D eigenvalue weighted by Gasteiger charge is 2.75. The van der Waals surface area contributed by atoms with Gasteiger partial charge in [0.2, 0.25) is 5.91 Å². The quantitative estimate of drug-likeness (QED) is 0.265. The monoisotopic (exact) mass is 468 g/mol. The molecular weight excluding hydrogens is 444 g/mol. The molecule has 11 nitrogen and oxygen atoms in total. The van der Waals surface area contributed by atoms with Gasteiger partial charge in [0.15, 0.2) is 5.54 Å². The molecule has 2 heterocycles. The molecule has 0 bridgehead atoms. The average molecular weight is 468 g/mol. The molecule has 3 rings (SSSR count). The molecule has 0 aliphatic carbocycles. The van der Waals surface area contributed by atoms with Gasteiger partial charge in [0.05, 0.1) is 27.6 Å². The SMILES string of the molecule is COC(=O)[C@@]1(C)N2C(=O)[C@@H](C(C)OC(=O)OCc3ccc([N+](=O)[O-])cc3)[C@H]2S(=O)C1(C)C. The van der Waals surface area contributed by atoms with Crippen molar-refractivity contribution in [2.45, 2.75) is 56.1 Å². The van der Waals surface area contributed by atoms with Crippen LogP contribution in [0.15, 0.2) is 24.3 Å². The van der Waals surface area contributed by atoms with E-state index >= 15 is 0 Å². The summed E-state index contributed by atoms with van der Waals surface area (Å²) in [5, 5.41) is 9.88. The Labute approximate surface area is 186 Å². The van der Waals surface area contributed by atoms with E-state index in [2.05, 4.69) is 0 Å². The summed E-state index contributed by atoms with van der Waals surface area (Å²) in [6.45, 7) is 6.09. The van der Waals surface area contributed by atoms with Crippen LogP contribution in [0.5, 0.6) is 0 Å². The van der Waals surface area contributed by atoms with Gasteiger partial charge >= 0.3 is 12.1 Å². The first-order valence-corrected chi connectivity index (χ1v) is 11.0. The molecule has 2 unspecified atom stereocenters. The molecule has 2 fully saturated rings. The molecule has 12 heteroatoms. The molecule has 5 atom stereocenters. The van der Waals surface area contributed by atoms with Crippen LogP contribution in [0.25, 0.3) is 0 Å². The van der Waals surface area contributed by atoms with E-state index in [1.807, 2.05) is 0 Å². The molecule has 1 amide bonds. The third-order valence-corrected chi connectivity index (χ3v) is 8.68. The number of esters is 1. The summed E-state index contributed by atoms with van der Waals surface area (Å²) in [7, 11) is -0.419. The van der Waals surface area contributed by atoms with Crippen LogP contribution in [-0.4, -0.2) is 60.9 Å². The Morgan fingerprint density at radius 2 is 1.84 bits per heavy atom. The summed E-state index contributed by atoms with van der Waals surface area (Å²) in [6.07, 6.45) is -1.99. The predicted octanol–water partition coefficient (Wildman–Crippen LogP) is 1.89. The zero-order valence-electron chi connectivity index (χ0n) is 18.2.